The first-order valence-electron chi connectivity index (χ1n) is 12.6. The molecule has 1 aromatic carbocycles. The lowest BCUT2D eigenvalue weighted by atomic mass is 9.97. The lowest BCUT2D eigenvalue weighted by Crippen LogP contribution is -2.24. The minimum Gasteiger partial charge on any atom is -0.398 e. The largest absolute Gasteiger partial charge is 0.398 e. The smallest absolute Gasteiger partial charge is 0.142 e. The van der Waals surface area contributed by atoms with Crippen LogP contribution in [0.3, 0.4) is 0 Å². The number of thiophene rings is 1. The summed E-state index contributed by atoms with van der Waals surface area (Å²) in [5, 5.41) is 8.46. The molecule has 0 atom stereocenters. The van der Waals surface area contributed by atoms with Crippen molar-refractivity contribution in [3.8, 4) is 0 Å². The van der Waals surface area contributed by atoms with Gasteiger partial charge in [0, 0.05) is 15.5 Å². The number of aromatic nitrogens is 2. The van der Waals surface area contributed by atoms with Gasteiger partial charge in [0.2, 0.25) is 0 Å². The van der Waals surface area contributed by atoms with Crippen molar-refractivity contribution in [2.24, 2.45) is 0 Å². The summed E-state index contributed by atoms with van der Waals surface area (Å²) in [6, 6.07) is 3.53. The fourth-order valence-electron chi connectivity index (χ4n) is 4.15. The molecule has 7 nitrogen and oxygen atoms in total. The molecule has 10 heteroatoms. The zero-order valence-electron chi connectivity index (χ0n) is 21.9. The van der Waals surface area contributed by atoms with Crippen molar-refractivity contribution in [1.82, 2.24) is 25.1 Å². The van der Waals surface area contributed by atoms with Crippen LogP contribution < -0.4 is 16.4 Å². The van der Waals surface area contributed by atoms with E-state index in [9.17, 15) is 0 Å². The van der Waals surface area contributed by atoms with Crippen LogP contribution in [0.5, 0.6) is 0 Å². The van der Waals surface area contributed by atoms with Crippen molar-refractivity contribution in [2.45, 2.75) is 43.4 Å². The molecule has 0 bridgehead atoms. The van der Waals surface area contributed by atoms with Crippen LogP contribution in [0.1, 0.15) is 36.1 Å². The Balaban J connectivity index is 0.000000240. The quantitative estimate of drug-likeness (QED) is 0.155. The molecule has 36 heavy (non-hydrogen) atoms. The summed E-state index contributed by atoms with van der Waals surface area (Å²) < 4.78 is 0. The van der Waals surface area contributed by atoms with Gasteiger partial charge in [0.25, 0.3) is 0 Å². The fraction of sp³-hybridized carbons (Fsp3) is 0.538. The number of nitrogen functional groups attached to an aromatic ring is 1. The van der Waals surface area contributed by atoms with Crippen molar-refractivity contribution in [3.63, 3.8) is 0 Å². The van der Waals surface area contributed by atoms with Gasteiger partial charge >= 0.3 is 0 Å². The summed E-state index contributed by atoms with van der Waals surface area (Å²) in [7, 11) is 8.47. The SMILES string of the molecule is CN(C)CCCNCCCN(C)C.Nc1cc(Cl)c(Nc2ncnc3sc4c(c23)CCCC4)cc1S. The van der Waals surface area contributed by atoms with Crippen LogP contribution >= 0.6 is 35.6 Å². The number of nitrogens with one attached hydrogen (secondary N) is 2. The molecule has 0 saturated carbocycles. The maximum Gasteiger partial charge on any atom is 0.142 e. The highest BCUT2D eigenvalue weighted by Gasteiger charge is 2.20. The average Bonchev–Trinajstić information content (AvgIpc) is 3.21. The molecule has 2 aromatic heterocycles. The van der Waals surface area contributed by atoms with Crippen LogP contribution in [0, 0.1) is 0 Å². The summed E-state index contributed by atoms with van der Waals surface area (Å²) in [6.45, 7) is 4.65. The Kier molecular flexibility index (Phi) is 11.5. The van der Waals surface area contributed by atoms with Gasteiger partial charge in [0.15, 0.2) is 0 Å². The number of nitrogens with two attached hydrogens (primary N) is 1. The number of fused-ring (bicyclic) bond motifs is 3. The minimum absolute atomic E-state index is 0.552. The zero-order valence-corrected chi connectivity index (χ0v) is 24.4. The first kappa shape index (κ1) is 28.9. The molecule has 0 unspecified atom stereocenters. The third-order valence-electron chi connectivity index (χ3n) is 6.04. The maximum absolute atomic E-state index is 6.30. The van der Waals surface area contributed by atoms with Gasteiger partial charge in [-0.2, -0.15) is 0 Å². The Morgan fingerprint density at radius 2 is 1.69 bits per heavy atom. The second kappa shape index (κ2) is 14.4. The number of nitrogens with zero attached hydrogens (tertiary/aromatic N) is 4. The molecule has 4 rings (SSSR count). The van der Waals surface area contributed by atoms with E-state index in [2.05, 4.69) is 71.2 Å². The van der Waals surface area contributed by atoms with Crippen LogP contribution in [0.25, 0.3) is 10.2 Å². The fourth-order valence-corrected chi connectivity index (χ4v) is 5.79. The number of halogens is 1. The molecule has 4 N–H and O–H groups in total. The summed E-state index contributed by atoms with van der Waals surface area (Å²) in [5.41, 5.74) is 8.53. The predicted molar refractivity (Wildman–Crippen MR) is 160 cm³/mol. The molecule has 0 saturated heterocycles. The second-order valence-electron chi connectivity index (χ2n) is 9.69. The summed E-state index contributed by atoms with van der Waals surface area (Å²) in [5.74, 6) is 0.800. The van der Waals surface area contributed by atoms with Gasteiger partial charge in [0.05, 0.1) is 16.1 Å². The van der Waals surface area contributed by atoms with E-state index in [4.69, 9.17) is 17.3 Å². The number of hydrogen-bond acceptors (Lipinski definition) is 9. The van der Waals surface area contributed by atoms with Gasteiger partial charge in [0.1, 0.15) is 17.0 Å². The molecule has 1 aliphatic rings. The zero-order chi connectivity index (χ0) is 26.1. The molecular weight excluding hydrogens is 510 g/mol. The Labute approximate surface area is 230 Å². The van der Waals surface area contributed by atoms with Crippen molar-refractivity contribution >= 4 is 63.0 Å². The van der Waals surface area contributed by atoms with Crippen molar-refractivity contribution < 1.29 is 0 Å². The minimum atomic E-state index is 0.552. The number of hydrogen-bond donors (Lipinski definition) is 4. The van der Waals surface area contributed by atoms with Crippen molar-refractivity contribution in [1.29, 1.82) is 0 Å². The van der Waals surface area contributed by atoms with Crippen LogP contribution in [-0.2, 0) is 12.8 Å². The number of anilines is 3. The molecule has 1 aliphatic carbocycles. The first-order chi connectivity index (χ1) is 17.3. The summed E-state index contributed by atoms with van der Waals surface area (Å²) in [4.78, 5) is 16.5. The summed E-state index contributed by atoms with van der Waals surface area (Å²) >= 11 is 12.4. The monoisotopic (exact) mass is 549 g/mol. The molecule has 0 amide bonds. The molecule has 2 heterocycles. The van der Waals surface area contributed by atoms with Crippen molar-refractivity contribution in [2.75, 3.05) is 65.4 Å². The molecule has 0 spiro atoms. The highest BCUT2D eigenvalue weighted by atomic mass is 35.5. The maximum atomic E-state index is 6.30. The van der Waals surface area contributed by atoms with Gasteiger partial charge < -0.3 is 26.2 Å². The Bertz CT molecular complexity index is 1110. The molecule has 0 fully saturated rings. The molecular formula is C26H40ClN7S2. The van der Waals surface area contributed by atoms with Gasteiger partial charge in [-0.15, -0.1) is 24.0 Å². The van der Waals surface area contributed by atoms with Crippen LogP contribution in [0.15, 0.2) is 23.4 Å². The van der Waals surface area contributed by atoms with Gasteiger partial charge in [-0.25, -0.2) is 9.97 Å². The van der Waals surface area contributed by atoms with E-state index in [1.807, 2.05) is 6.07 Å². The Morgan fingerprint density at radius 3 is 2.36 bits per heavy atom. The van der Waals surface area contributed by atoms with Gasteiger partial charge in [-0.3, -0.25) is 0 Å². The molecule has 0 radical (unpaired) electrons. The summed E-state index contributed by atoms with van der Waals surface area (Å²) in [6.07, 6.45) is 8.78. The predicted octanol–water partition coefficient (Wildman–Crippen LogP) is 5.32. The van der Waals surface area contributed by atoms with Gasteiger partial charge in [-0.05, 0) is 111 Å². The molecule has 0 aliphatic heterocycles. The normalized spacial score (nSPS) is 13.1. The third-order valence-corrected chi connectivity index (χ3v) is 7.94. The van der Waals surface area contributed by atoms with Crippen molar-refractivity contribution in [3.05, 3.63) is 33.9 Å². The van der Waals surface area contributed by atoms with E-state index in [-0.39, 0.29) is 0 Å². The molecule has 3 aromatic rings. The van der Waals surface area contributed by atoms with E-state index < -0.39 is 0 Å². The lowest BCUT2D eigenvalue weighted by Gasteiger charge is -2.13. The molecule has 198 valence electrons. The van der Waals surface area contributed by atoms with E-state index >= 15 is 0 Å². The van der Waals surface area contributed by atoms with E-state index in [1.54, 1.807) is 23.7 Å². The standard InChI is InChI=1S/C16H15ClN4S2.C10H25N3/c17-9-5-10(18)12(22)6-11(9)21-15-14-8-3-1-2-4-13(8)23-16(14)20-7-19-15;1-12(2)9-5-7-11-8-6-10-13(3)4/h5-7,22H,1-4,18H2,(H,19,20,21);11H,5-10H2,1-4H3. The third kappa shape index (κ3) is 8.46. The number of benzene rings is 1. The lowest BCUT2D eigenvalue weighted by molar-refractivity contribution is 0.380. The highest BCUT2D eigenvalue weighted by Crippen LogP contribution is 2.40. The van der Waals surface area contributed by atoms with Crippen LogP contribution in [0.2, 0.25) is 5.02 Å². The Morgan fingerprint density at radius 1 is 1.03 bits per heavy atom. The number of thiol groups is 1. The van der Waals surface area contributed by atoms with Crippen LogP contribution in [-0.4, -0.2) is 74.1 Å². The number of aryl methyl sites for hydroxylation is 2. The second-order valence-corrected chi connectivity index (χ2v) is 11.7. The van der Waals surface area contributed by atoms with E-state index in [0.29, 0.717) is 15.6 Å². The topological polar surface area (TPSA) is 82.3 Å². The highest BCUT2D eigenvalue weighted by molar-refractivity contribution is 7.80. The van der Waals surface area contributed by atoms with E-state index in [0.717, 1.165) is 47.7 Å². The van der Waals surface area contributed by atoms with Crippen LogP contribution in [0.4, 0.5) is 17.2 Å². The van der Waals surface area contributed by atoms with E-state index in [1.165, 1.54) is 49.2 Å². The average molecular weight is 550 g/mol. The Hall–Kier alpha value is -1.62. The number of rotatable bonds is 10. The first-order valence-corrected chi connectivity index (χ1v) is 14.2. The van der Waals surface area contributed by atoms with Gasteiger partial charge in [-0.1, -0.05) is 11.6 Å².